The van der Waals surface area contributed by atoms with E-state index in [-0.39, 0.29) is 0 Å². The predicted octanol–water partition coefficient (Wildman–Crippen LogP) is 3.94. The Morgan fingerprint density at radius 2 is 1.76 bits per heavy atom. The second-order valence-electron chi connectivity index (χ2n) is 4.13. The summed E-state index contributed by atoms with van der Waals surface area (Å²) in [7, 11) is 0. The van der Waals surface area contributed by atoms with Gasteiger partial charge in [0.25, 0.3) is 0 Å². The van der Waals surface area contributed by atoms with Crippen LogP contribution in [0.1, 0.15) is 17.5 Å². The molecule has 1 heterocycles. The second-order valence-corrected chi connectivity index (χ2v) is 4.91. The summed E-state index contributed by atoms with van der Waals surface area (Å²) in [5.41, 5.74) is 3.79. The maximum Gasteiger partial charge on any atom is 0.162 e. The molecule has 3 rings (SSSR count). The number of halogens is 2. The first kappa shape index (κ1) is 11.0. The van der Waals surface area contributed by atoms with Crippen LogP contribution in [0.2, 0.25) is 10.3 Å². The molecule has 4 heteroatoms. The van der Waals surface area contributed by atoms with Crippen molar-refractivity contribution in [2.24, 2.45) is 0 Å². The zero-order valence-electron chi connectivity index (χ0n) is 9.08. The van der Waals surface area contributed by atoms with Gasteiger partial charge in [0.2, 0.25) is 0 Å². The molecular weight excluding hydrogens is 255 g/mol. The zero-order valence-corrected chi connectivity index (χ0v) is 10.6. The maximum absolute atomic E-state index is 5.92. The van der Waals surface area contributed by atoms with Crippen LogP contribution >= 0.6 is 23.2 Å². The number of nitrogens with zero attached hydrogens (tertiary/aromatic N) is 2. The fourth-order valence-corrected chi connectivity index (χ4v) is 2.76. The van der Waals surface area contributed by atoms with Crippen LogP contribution in [0, 0.1) is 0 Å². The molecule has 0 N–H and O–H groups in total. The number of benzene rings is 1. The van der Waals surface area contributed by atoms with Gasteiger partial charge in [-0.15, -0.1) is 0 Å². The van der Waals surface area contributed by atoms with Crippen molar-refractivity contribution in [3.05, 3.63) is 45.7 Å². The number of fused-ring (bicyclic) bond motifs is 1. The highest BCUT2D eigenvalue weighted by molar-refractivity contribution is 6.33. The Labute approximate surface area is 110 Å². The van der Waals surface area contributed by atoms with E-state index in [1.807, 2.05) is 12.1 Å². The van der Waals surface area contributed by atoms with Crippen molar-refractivity contribution < 1.29 is 0 Å². The number of rotatable bonds is 1. The molecule has 0 fully saturated rings. The van der Waals surface area contributed by atoms with Crippen LogP contribution in [-0.2, 0) is 12.8 Å². The second kappa shape index (κ2) is 4.28. The minimum absolute atomic E-state index is 0.385. The summed E-state index contributed by atoms with van der Waals surface area (Å²) in [4.78, 5) is 8.50. The van der Waals surface area contributed by atoms with Gasteiger partial charge >= 0.3 is 0 Å². The van der Waals surface area contributed by atoms with Gasteiger partial charge in [-0.05, 0) is 30.4 Å². The molecule has 1 aromatic carbocycles. The van der Waals surface area contributed by atoms with E-state index in [2.05, 4.69) is 16.0 Å². The molecule has 2 aromatic rings. The van der Waals surface area contributed by atoms with Crippen molar-refractivity contribution in [2.45, 2.75) is 19.3 Å². The summed E-state index contributed by atoms with van der Waals surface area (Å²) in [6.07, 6.45) is 3.41. The van der Waals surface area contributed by atoms with E-state index in [1.165, 1.54) is 17.5 Å². The molecule has 0 amide bonds. The van der Waals surface area contributed by atoms with Crippen LogP contribution in [0.25, 0.3) is 11.4 Å². The minimum atomic E-state index is 0.385. The van der Waals surface area contributed by atoms with Gasteiger partial charge in [0, 0.05) is 11.6 Å². The van der Waals surface area contributed by atoms with Crippen molar-refractivity contribution in [3.63, 3.8) is 0 Å². The smallest absolute Gasteiger partial charge is 0.162 e. The Morgan fingerprint density at radius 1 is 1.00 bits per heavy atom. The molecule has 0 aliphatic heterocycles. The lowest BCUT2D eigenvalue weighted by Gasteiger charge is -2.07. The Kier molecular flexibility index (Phi) is 2.77. The number of aromatic nitrogens is 2. The fraction of sp³-hybridized carbons (Fsp3) is 0.231. The SMILES string of the molecule is Clc1cc(Cl)nc(-c2cccc3c2CCC3)n1. The summed E-state index contributed by atoms with van der Waals surface area (Å²) in [5, 5.41) is 0.770. The van der Waals surface area contributed by atoms with Crippen molar-refractivity contribution in [1.82, 2.24) is 9.97 Å². The van der Waals surface area contributed by atoms with E-state index >= 15 is 0 Å². The van der Waals surface area contributed by atoms with Gasteiger partial charge in [0.05, 0.1) is 0 Å². The lowest BCUT2D eigenvalue weighted by molar-refractivity contribution is 0.911. The van der Waals surface area contributed by atoms with E-state index in [1.54, 1.807) is 6.07 Å². The standard InChI is InChI=1S/C13H10Cl2N2/c14-11-7-12(15)17-13(16-11)10-6-2-4-8-3-1-5-9(8)10/h2,4,6-7H,1,3,5H2. The third-order valence-electron chi connectivity index (χ3n) is 3.05. The van der Waals surface area contributed by atoms with E-state index in [0.29, 0.717) is 16.1 Å². The quantitative estimate of drug-likeness (QED) is 0.730. The monoisotopic (exact) mass is 264 g/mol. The van der Waals surface area contributed by atoms with Gasteiger partial charge in [-0.1, -0.05) is 41.4 Å². The largest absolute Gasteiger partial charge is 0.216 e. The summed E-state index contributed by atoms with van der Waals surface area (Å²) in [5.74, 6) is 0.626. The fourth-order valence-electron chi connectivity index (χ4n) is 2.34. The Hall–Kier alpha value is -1.12. The molecular formula is C13H10Cl2N2. The Bertz CT molecular complexity index is 561. The van der Waals surface area contributed by atoms with Crippen LogP contribution in [0.3, 0.4) is 0 Å². The molecule has 1 aliphatic rings. The highest BCUT2D eigenvalue weighted by Gasteiger charge is 2.17. The number of aryl methyl sites for hydroxylation is 1. The molecule has 0 unspecified atom stereocenters. The van der Waals surface area contributed by atoms with Gasteiger partial charge in [-0.2, -0.15) is 0 Å². The Morgan fingerprint density at radius 3 is 2.53 bits per heavy atom. The summed E-state index contributed by atoms with van der Waals surface area (Å²) in [6.45, 7) is 0. The van der Waals surface area contributed by atoms with Gasteiger partial charge in [0.1, 0.15) is 10.3 Å². The number of hydrogen-bond acceptors (Lipinski definition) is 2. The molecule has 0 atom stereocenters. The summed E-state index contributed by atoms with van der Waals surface area (Å²) < 4.78 is 0. The lowest BCUT2D eigenvalue weighted by Crippen LogP contribution is -1.94. The first-order valence-corrected chi connectivity index (χ1v) is 6.31. The molecule has 0 saturated carbocycles. The molecule has 17 heavy (non-hydrogen) atoms. The van der Waals surface area contributed by atoms with Crippen LogP contribution in [-0.4, -0.2) is 9.97 Å². The van der Waals surface area contributed by atoms with E-state index in [9.17, 15) is 0 Å². The highest BCUT2D eigenvalue weighted by atomic mass is 35.5. The first-order chi connectivity index (χ1) is 8.24. The van der Waals surface area contributed by atoms with Gasteiger partial charge < -0.3 is 0 Å². The molecule has 0 saturated heterocycles. The lowest BCUT2D eigenvalue weighted by atomic mass is 10.0. The normalized spacial score (nSPS) is 13.8. The Balaban J connectivity index is 2.19. The van der Waals surface area contributed by atoms with Gasteiger partial charge in [0.15, 0.2) is 5.82 Å². The van der Waals surface area contributed by atoms with Crippen LogP contribution in [0.15, 0.2) is 24.3 Å². The van der Waals surface area contributed by atoms with Crippen molar-refractivity contribution in [1.29, 1.82) is 0 Å². The average molecular weight is 265 g/mol. The molecule has 0 spiro atoms. The number of hydrogen-bond donors (Lipinski definition) is 0. The van der Waals surface area contributed by atoms with Crippen LogP contribution in [0.4, 0.5) is 0 Å². The van der Waals surface area contributed by atoms with Crippen molar-refractivity contribution in [3.8, 4) is 11.4 Å². The van der Waals surface area contributed by atoms with Crippen LogP contribution in [0.5, 0.6) is 0 Å². The van der Waals surface area contributed by atoms with E-state index < -0.39 is 0 Å². The molecule has 1 aliphatic carbocycles. The third-order valence-corrected chi connectivity index (χ3v) is 3.44. The topological polar surface area (TPSA) is 25.8 Å². The van der Waals surface area contributed by atoms with Crippen LogP contribution < -0.4 is 0 Å². The van der Waals surface area contributed by atoms with Crippen molar-refractivity contribution >= 4 is 23.2 Å². The molecule has 1 aromatic heterocycles. The molecule has 0 radical (unpaired) electrons. The van der Waals surface area contributed by atoms with Gasteiger partial charge in [-0.3, -0.25) is 0 Å². The first-order valence-electron chi connectivity index (χ1n) is 5.55. The average Bonchev–Trinajstić information content (AvgIpc) is 2.75. The third kappa shape index (κ3) is 2.03. The highest BCUT2D eigenvalue weighted by Crippen LogP contribution is 2.31. The zero-order chi connectivity index (χ0) is 11.8. The van der Waals surface area contributed by atoms with Crippen molar-refractivity contribution in [2.75, 3.05) is 0 Å². The predicted molar refractivity (Wildman–Crippen MR) is 69.5 cm³/mol. The molecule has 2 nitrogen and oxygen atoms in total. The molecule has 0 bridgehead atoms. The van der Waals surface area contributed by atoms with E-state index in [0.717, 1.165) is 18.4 Å². The minimum Gasteiger partial charge on any atom is -0.216 e. The van der Waals surface area contributed by atoms with E-state index in [4.69, 9.17) is 23.2 Å². The summed E-state index contributed by atoms with van der Waals surface area (Å²) in [6, 6.07) is 7.79. The molecule has 86 valence electrons. The summed E-state index contributed by atoms with van der Waals surface area (Å²) >= 11 is 11.8. The van der Waals surface area contributed by atoms with Gasteiger partial charge in [-0.25, -0.2) is 9.97 Å². The maximum atomic E-state index is 5.92.